The summed E-state index contributed by atoms with van der Waals surface area (Å²) >= 11 is 0. The highest BCUT2D eigenvalue weighted by Gasteiger charge is 2.14. The maximum absolute atomic E-state index is 4.57. The Morgan fingerprint density at radius 1 is 0.967 bits per heavy atom. The van der Waals surface area contributed by atoms with Crippen LogP contribution in [0.5, 0.6) is 0 Å². The number of anilines is 3. The standard InChI is InChI=1S/C22H28N8/c1-14(2)30(15(3)4)12-11-24-20-18-21(26-13-25-20)29-22(27-18)28-19-17-8-6-5-7-16(17)9-10-23-19/h5-10,13-15H,11-12H2,1-4H3,(H3,23,24,25,26,27,28,29). The number of rotatable bonds is 8. The first kappa shape index (κ1) is 20.0. The largest absolute Gasteiger partial charge is 0.367 e. The molecule has 4 rings (SSSR count). The zero-order chi connectivity index (χ0) is 21.1. The van der Waals surface area contributed by atoms with Gasteiger partial charge in [-0.3, -0.25) is 4.90 Å². The molecule has 0 amide bonds. The minimum absolute atomic E-state index is 0.494. The van der Waals surface area contributed by atoms with Crippen molar-refractivity contribution in [3.05, 3.63) is 42.9 Å². The smallest absolute Gasteiger partial charge is 0.208 e. The van der Waals surface area contributed by atoms with E-state index in [2.05, 4.69) is 74.2 Å². The maximum atomic E-state index is 4.57. The zero-order valence-electron chi connectivity index (χ0n) is 17.8. The van der Waals surface area contributed by atoms with Crippen molar-refractivity contribution in [2.75, 3.05) is 23.7 Å². The van der Waals surface area contributed by atoms with Crippen LogP contribution < -0.4 is 10.6 Å². The molecule has 8 nitrogen and oxygen atoms in total. The molecule has 0 aliphatic rings. The van der Waals surface area contributed by atoms with Crippen molar-refractivity contribution in [3.63, 3.8) is 0 Å². The van der Waals surface area contributed by atoms with E-state index in [0.717, 1.165) is 41.0 Å². The molecule has 0 atom stereocenters. The van der Waals surface area contributed by atoms with Gasteiger partial charge in [-0.1, -0.05) is 24.3 Å². The van der Waals surface area contributed by atoms with E-state index in [1.807, 2.05) is 24.3 Å². The molecule has 0 saturated heterocycles. The van der Waals surface area contributed by atoms with Crippen molar-refractivity contribution in [3.8, 4) is 0 Å². The lowest BCUT2D eigenvalue weighted by atomic mass is 10.1. The molecule has 1 aromatic carbocycles. The molecule has 0 aliphatic carbocycles. The Hall–Kier alpha value is -3.26. The van der Waals surface area contributed by atoms with E-state index in [-0.39, 0.29) is 0 Å². The van der Waals surface area contributed by atoms with Gasteiger partial charge in [-0.25, -0.2) is 15.0 Å². The summed E-state index contributed by atoms with van der Waals surface area (Å²) in [5.74, 6) is 2.08. The number of pyridine rings is 1. The van der Waals surface area contributed by atoms with E-state index in [4.69, 9.17) is 0 Å². The summed E-state index contributed by atoms with van der Waals surface area (Å²) in [6.07, 6.45) is 3.32. The molecule has 0 fully saturated rings. The number of fused-ring (bicyclic) bond motifs is 2. The van der Waals surface area contributed by atoms with Crippen LogP contribution in [0.4, 0.5) is 17.6 Å². The van der Waals surface area contributed by atoms with Gasteiger partial charge in [-0.2, -0.15) is 4.98 Å². The van der Waals surface area contributed by atoms with Gasteiger partial charge in [-0.15, -0.1) is 0 Å². The summed E-state index contributed by atoms with van der Waals surface area (Å²) in [6.45, 7) is 10.6. The molecule has 30 heavy (non-hydrogen) atoms. The van der Waals surface area contributed by atoms with Gasteiger partial charge in [0.15, 0.2) is 11.5 Å². The minimum Gasteiger partial charge on any atom is -0.367 e. The average molecular weight is 405 g/mol. The summed E-state index contributed by atoms with van der Waals surface area (Å²) in [4.78, 5) is 23.5. The van der Waals surface area contributed by atoms with Crippen LogP contribution in [0.25, 0.3) is 21.9 Å². The first-order valence-electron chi connectivity index (χ1n) is 10.3. The third-order valence-electron chi connectivity index (χ3n) is 5.19. The molecule has 4 aromatic rings. The highest BCUT2D eigenvalue weighted by molar-refractivity contribution is 5.93. The number of H-pyrrole nitrogens is 1. The fraction of sp³-hybridized carbons (Fsp3) is 0.364. The zero-order valence-corrected chi connectivity index (χ0v) is 17.8. The predicted octanol–water partition coefficient (Wildman–Crippen LogP) is 4.18. The van der Waals surface area contributed by atoms with Crippen LogP contribution in [0, 0.1) is 0 Å². The molecule has 3 N–H and O–H groups in total. The molecule has 156 valence electrons. The number of hydrogen-bond acceptors (Lipinski definition) is 7. The van der Waals surface area contributed by atoms with Crippen LogP contribution in [0.3, 0.4) is 0 Å². The summed E-state index contributed by atoms with van der Waals surface area (Å²) in [5.41, 5.74) is 1.39. The highest BCUT2D eigenvalue weighted by Crippen LogP contribution is 2.25. The lowest BCUT2D eigenvalue weighted by Crippen LogP contribution is -2.40. The normalized spacial score (nSPS) is 11.8. The third kappa shape index (κ3) is 4.18. The van der Waals surface area contributed by atoms with Crippen LogP contribution in [-0.4, -0.2) is 55.0 Å². The Balaban J connectivity index is 1.53. The van der Waals surface area contributed by atoms with Crippen LogP contribution in [0.1, 0.15) is 27.7 Å². The van der Waals surface area contributed by atoms with Crippen LogP contribution in [-0.2, 0) is 0 Å². The molecule has 0 unspecified atom stereocenters. The van der Waals surface area contributed by atoms with E-state index >= 15 is 0 Å². The second kappa shape index (κ2) is 8.62. The van der Waals surface area contributed by atoms with Gasteiger partial charge in [-0.05, 0) is 39.1 Å². The van der Waals surface area contributed by atoms with E-state index < -0.39 is 0 Å². The van der Waals surface area contributed by atoms with Crippen molar-refractivity contribution < 1.29 is 0 Å². The van der Waals surface area contributed by atoms with E-state index in [0.29, 0.717) is 23.7 Å². The summed E-state index contributed by atoms with van der Waals surface area (Å²) in [5, 5.41) is 8.87. The third-order valence-corrected chi connectivity index (χ3v) is 5.19. The van der Waals surface area contributed by atoms with Gasteiger partial charge in [0.2, 0.25) is 5.95 Å². The van der Waals surface area contributed by atoms with Crippen molar-refractivity contribution in [1.29, 1.82) is 0 Å². The number of imidazole rings is 1. The molecule has 0 aliphatic heterocycles. The number of aromatic nitrogens is 5. The maximum Gasteiger partial charge on any atom is 0.208 e. The predicted molar refractivity (Wildman–Crippen MR) is 122 cm³/mol. The van der Waals surface area contributed by atoms with Gasteiger partial charge < -0.3 is 15.6 Å². The van der Waals surface area contributed by atoms with Gasteiger partial charge in [0, 0.05) is 36.8 Å². The molecular weight excluding hydrogens is 376 g/mol. The Labute approximate surface area is 176 Å². The van der Waals surface area contributed by atoms with Crippen LogP contribution >= 0.6 is 0 Å². The fourth-order valence-electron chi connectivity index (χ4n) is 3.77. The quantitative estimate of drug-likeness (QED) is 0.406. The van der Waals surface area contributed by atoms with E-state index in [9.17, 15) is 0 Å². The SMILES string of the molecule is CC(C)N(CCNc1ncnc2nc(Nc3nccc4ccccc34)[nH]c12)C(C)C. The number of hydrogen-bond donors (Lipinski definition) is 3. The van der Waals surface area contributed by atoms with Gasteiger partial charge in [0.25, 0.3) is 0 Å². The van der Waals surface area contributed by atoms with Gasteiger partial charge >= 0.3 is 0 Å². The molecular formula is C22H28N8. The molecule has 0 saturated carbocycles. The topological polar surface area (TPSA) is 94.7 Å². The molecule has 0 bridgehead atoms. The summed E-state index contributed by atoms with van der Waals surface area (Å²) < 4.78 is 0. The molecule has 3 heterocycles. The average Bonchev–Trinajstić information content (AvgIpc) is 3.14. The Morgan fingerprint density at radius 3 is 2.57 bits per heavy atom. The van der Waals surface area contributed by atoms with E-state index in [1.54, 1.807) is 6.20 Å². The number of nitrogens with one attached hydrogen (secondary N) is 3. The fourth-order valence-corrected chi connectivity index (χ4v) is 3.77. The Kier molecular flexibility index (Phi) is 5.76. The monoisotopic (exact) mass is 404 g/mol. The minimum atomic E-state index is 0.494. The van der Waals surface area contributed by atoms with Gasteiger partial charge in [0.05, 0.1) is 0 Å². The van der Waals surface area contributed by atoms with Gasteiger partial charge in [0.1, 0.15) is 17.7 Å². The van der Waals surface area contributed by atoms with Crippen LogP contribution in [0.2, 0.25) is 0 Å². The lowest BCUT2D eigenvalue weighted by molar-refractivity contribution is 0.182. The first-order chi connectivity index (χ1) is 14.5. The van der Waals surface area contributed by atoms with E-state index in [1.165, 1.54) is 6.33 Å². The number of nitrogens with zero attached hydrogens (tertiary/aromatic N) is 5. The first-order valence-corrected chi connectivity index (χ1v) is 10.3. The molecule has 3 aromatic heterocycles. The Morgan fingerprint density at radius 2 is 1.77 bits per heavy atom. The second-order valence-electron chi connectivity index (χ2n) is 7.86. The molecule has 8 heteroatoms. The van der Waals surface area contributed by atoms with Crippen molar-refractivity contribution in [2.45, 2.75) is 39.8 Å². The Bertz CT molecular complexity index is 1120. The second-order valence-corrected chi connectivity index (χ2v) is 7.86. The molecule has 0 spiro atoms. The van der Waals surface area contributed by atoms with Crippen LogP contribution in [0.15, 0.2) is 42.9 Å². The van der Waals surface area contributed by atoms with Crippen molar-refractivity contribution in [1.82, 2.24) is 29.8 Å². The molecule has 0 radical (unpaired) electrons. The highest BCUT2D eigenvalue weighted by atomic mass is 15.2. The lowest BCUT2D eigenvalue weighted by Gasteiger charge is -2.30. The number of benzene rings is 1. The summed E-state index contributed by atoms with van der Waals surface area (Å²) in [7, 11) is 0. The van der Waals surface area contributed by atoms with Crippen molar-refractivity contribution in [2.24, 2.45) is 0 Å². The van der Waals surface area contributed by atoms with Crippen molar-refractivity contribution >= 4 is 39.5 Å². The summed E-state index contributed by atoms with van der Waals surface area (Å²) in [6, 6.07) is 11.1. The number of aromatic amines is 1.